The maximum atomic E-state index is 4.95. The molecule has 132 valence electrons. The molecule has 0 aliphatic heterocycles. The Hall–Kier alpha value is -3.47. The Kier molecular flexibility index (Phi) is 3.53. The number of H-pyrrole nitrogens is 1. The number of hydrogen-bond donors (Lipinski definition) is 2. The molecule has 0 aliphatic rings. The van der Waals surface area contributed by atoms with Gasteiger partial charge in [0, 0.05) is 46.6 Å². The standard InChI is InChI=1S/C22H19N5/c1-13(2)14-4-3-5-15(10-14)25-22-16-6-8-23-11-17(16)20-21(27-22)18-12-24-9-7-19(18)26-20/h3-13,26H,1-2H3,(H,25,27). The summed E-state index contributed by atoms with van der Waals surface area (Å²) in [5.41, 5.74) is 5.24. The van der Waals surface area contributed by atoms with Crippen molar-refractivity contribution in [3.8, 4) is 0 Å². The zero-order valence-corrected chi connectivity index (χ0v) is 15.2. The predicted molar refractivity (Wildman–Crippen MR) is 111 cm³/mol. The van der Waals surface area contributed by atoms with Crippen molar-refractivity contribution in [2.24, 2.45) is 0 Å². The highest BCUT2D eigenvalue weighted by Crippen LogP contribution is 2.34. The molecule has 0 unspecified atom stereocenters. The van der Waals surface area contributed by atoms with Crippen LogP contribution in [0, 0.1) is 0 Å². The fraction of sp³-hybridized carbons (Fsp3) is 0.136. The van der Waals surface area contributed by atoms with Crippen molar-refractivity contribution in [2.45, 2.75) is 19.8 Å². The van der Waals surface area contributed by atoms with Gasteiger partial charge in [-0.05, 0) is 35.7 Å². The van der Waals surface area contributed by atoms with E-state index in [-0.39, 0.29) is 0 Å². The highest BCUT2D eigenvalue weighted by Gasteiger charge is 2.14. The van der Waals surface area contributed by atoms with Gasteiger partial charge in [0.25, 0.3) is 0 Å². The van der Waals surface area contributed by atoms with Crippen LogP contribution in [0.15, 0.2) is 61.2 Å². The van der Waals surface area contributed by atoms with Crippen molar-refractivity contribution in [3.63, 3.8) is 0 Å². The smallest absolute Gasteiger partial charge is 0.139 e. The van der Waals surface area contributed by atoms with Crippen LogP contribution >= 0.6 is 0 Å². The maximum absolute atomic E-state index is 4.95. The number of anilines is 2. The highest BCUT2D eigenvalue weighted by molar-refractivity contribution is 6.17. The minimum absolute atomic E-state index is 0.475. The van der Waals surface area contributed by atoms with E-state index in [2.05, 4.69) is 58.4 Å². The molecular formula is C22H19N5. The summed E-state index contributed by atoms with van der Waals surface area (Å²) in [4.78, 5) is 17.0. The van der Waals surface area contributed by atoms with E-state index >= 15 is 0 Å². The zero-order valence-electron chi connectivity index (χ0n) is 15.2. The lowest BCUT2D eigenvalue weighted by Crippen LogP contribution is -1.97. The van der Waals surface area contributed by atoms with Crippen molar-refractivity contribution < 1.29 is 0 Å². The third-order valence-corrected chi connectivity index (χ3v) is 4.96. The highest BCUT2D eigenvalue weighted by atomic mass is 15.0. The first-order chi connectivity index (χ1) is 13.2. The fourth-order valence-corrected chi connectivity index (χ4v) is 3.51. The third-order valence-electron chi connectivity index (χ3n) is 4.96. The summed E-state index contributed by atoms with van der Waals surface area (Å²) in [6.07, 6.45) is 7.33. The lowest BCUT2D eigenvalue weighted by molar-refractivity contribution is 0.867. The number of pyridine rings is 3. The molecule has 4 heterocycles. The second-order valence-corrected chi connectivity index (χ2v) is 7.06. The fourth-order valence-electron chi connectivity index (χ4n) is 3.51. The molecule has 5 nitrogen and oxygen atoms in total. The summed E-state index contributed by atoms with van der Waals surface area (Å²) in [7, 11) is 0. The molecule has 0 atom stereocenters. The van der Waals surface area contributed by atoms with Crippen LogP contribution in [0.25, 0.3) is 32.7 Å². The van der Waals surface area contributed by atoms with Gasteiger partial charge in [-0.1, -0.05) is 26.0 Å². The van der Waals surface area contributed by atoms with E-state index in [1.807, 2.05) is 24.5 Å². The molecule has 5 rings (SSSR count). The van der Waals surface area contributed by atoms with Gasteiger partial charge < -0.3 is 10.3 Å². The van der Waals surface area contributed by atoms with Crippen LogP contribution in [-0.2, 0) is 0 Å². The van der Waals surface area contributed by atoms with Gasteiger partial charge in [0.1, 0.15) is 11.3 Å². The maximum Gasteiger partial charge on any atom is 0.139 e. The summed E-state index contributed by atoms with van der Waals surface area (Å²) >= 11 is 0. The molecule has 0 saturated carbocycles. The number of fused-ring (bicyclic) bond motifs is 5. The number of nitrogens with one attached hydrogen (secondary N) is 2. The number of hydrogen-bond acceptors (Lipinski definition) is 4. The molecule has 27 heavy (non-hydrogen) atoms. The summed E-state index contributed by atoms with van der Waals surface area (Å²) in [5.74, 6) is 1.30. The van der Waals surface area contributed by atoms with Crippen molar-refractivity contribution >= 4 is 44.2 Å². The molecule has 0 amide bonds. The Morgan fingerprint density at radius 1 is 0.926 bits per heavy atom. The van der Waals surface area contributed by atoms with Crippen molar-refractivity contribution in [2.75, 3.05) is 5.32 Å². The molecule has 5 aromatic rings. The van der Waals surface area contributed by atoms with E-state index in [0.717, 1.165) is 44.2 Å². The summed E-state index contributed by atoms with van der Waals surface area (Å²) < 4.78 is 0. The molecule has 5 heteroatoms. The Labute approximate surface area is 156 Å². The number of aromatic nitrogens is 4. The van der Waals surface area contributed by atoms with E-state index in [9.17, 15) is 0 Å². The molecule has 4 aromatic heterocycles. The van der Waals surface area contributed by atoms with E-state index in [4.69, 9.17) is 4.98 Å². The van der Waals surface area contributed by atoms with Gasteiger partial charge in [0.2, 0.25) is 0 Å². The number of rotatable bonds is 3. The molecule has 2 N–H and O–H groups in total. The van der Waals surface area contributed by atoms with Crippen LogP contribution in [0.3, 0.4) is 0 Å². The molecule has 0 radical (unpaired) electrons. The topological polar surface area (TPSA) is 66.5 Å². The lowest BCUT2D eigenvalue weighted by atomic mass is 10.0. The minimum atomic E-state index is 0.475. The van der Waals surface area contributed by atoms with Crippen molar-refractivity contribution in [1.82, 2.24) is 19.9 Å². The van der Waals surface area contributed by atoms with E-state index in [0.29, 0.717) is 5.92 Å². The first-order valence-electron chi connectivity index (χ1n) is 9.07. The predicted octanol–water partition coefficient (Wildman–Crippen LogP) is 5.53. The third kappa shape index (κ3) is 2.59. The quantitative estimate of drug-likeness (QED) is 0.448. The first kappa shape index (κ1) is 15.8. The van der Waals surface area contributed by atoms with Gasteiger partial charge >= 0.3 is 0 Å². The van der Waals surface area contributed by atoms with Gasteiger partial charge in [-0.15, -0.1) is 0 Å². The normalized spacial score (nSPS) is 11.7. The number of aromatic amines is 1. The Morgan fingerprint density at radius 3 is 2.59 bits per heavy atom. The van der Waals surface area contributed by atoms with Gasteiger partial charge in [0.05, 0.1) is 11.0 Å². The van der Waals surface area contributed by atoms with E-state index < -0.39 is 0 Å². The van der Waals surface area contributed by atoms with Gasteiger partial charge in [0.15, 0.2) is 0 Å². The molecular weight excluding hydrogens is 334 g/mol. The lowest BCUT2D eigenvalue weighted by Gasteiger charge is -2.12. The number of benzene rings is 1. The summed E-state index contributed by atoms with van der Waals surface area (Å²) in [6.45, 7) is 4.40. The molecule has 0 bridgehead atoms. The second-order valence-electron chi connectivity index (χ2n) is 7.06. The van der Waals surface area contributed by atoms with Gasteiger partial charge in [-0.25, -0.2) is 4.98 Å². The van der Waals surface area contributed by atoms with Crippen LogP contribution in [-0.4, -0.2) is 19.9 Å². The minimum Gasteiger partial charge on any atom is -0.353 e. The first-order valence-corrected chi connectivity index (χ1v) is 9.07. The Morgan fingerprint density at radius 2 is 1.74 bits per heavy atom. The van der Waals surface area contributed by atoms with Crippen molar-refractivity contribution in [1.29, 1.82) is 0 Å². The molecule has 0 fully saturated rings. The average molecular weight is 353 g/mol. The zero-order chi connectivity index (χ0) is 18.4. The summed E-state index contributed by atoms with van der Waals surface area (Å²) in [6, 6.07) is 12.5. The molecule has 0 saturated heterocycles. The van der Waals surface area contributed by atoms with Crippen LogP contribution in [0.5, 0.6) is 0 Å². The van der Waals surface area contributed by atoms with Crippen LogP contribution < -0.4 is 5.32 Å². The summed E-state index contributed by atoms with van der Waals surface area (Å²) in [5, 5.41) is 6.60. The molecule has 1 aromatic carbocycles. The SMILES string of the molecule is CC(C)c1cccc(Nc2nc3c4cnccc4[nH]c3c3cnccc23)c1. The van der Waals surface area contributed by atoms with E-state index in [1.165, 1.54) is 5.56 Å². The van der Waals surface area contributed by atoms with Crippen LogP contribution in [0.2, 0.25) is 0 Å². The van der Waals surface area contributed by atoms with Crippen LogP contribution in [0.1, 0.15) is 25.3 Å². The molecule has 0 aliphatic carbocycles. The van der Waals surface area contributed by atoms with E-state index in [1.54, 1.807) is 12.4 Å². The van der Waals surface area contributed by atoms with Gasteiger partial charge in [-0.3, -0.25) is 9.97 Å². The number of nitrogens with zero attached hydrogens (tertiary/aromatic N) is 3. The van der Waals surface area contributed by atoms with Gasteiger partial charge in [-0.2, -0.15) is 0 Å². The molecule has 0 spiro atoms. The second kappa shape index (κ2) is 6.06. The van der Waals surface area contributed by atoms with Crippen molar-refractivity contribution in [3.05, 3.63) is 66.7 Å². The average Bonchev–Trinajstić information content (AvgIpc) is 3.07. The van der Waals surface area contributed by atoms with Crippen LogP contribution in [0.4, 0.5) is 11.5 Å². The Bertz CT molecular complexity index is 1290. The monoisotopic (exact) mass is 353 g/mol. The largest absolute Gasteiger partial charge is 0.353 e. The Balaban J connectivity index is 1.75.